The largest absolute Gasteiger partial charge is 0.419 e. The second kappa shape index (κ2) is 5.53. The van der Waals surface area contributed by atoms with Crippen LogP contribution in [0.1, 0.15) is 32.1 Å². The Morgan fingerprint density at radius 2 is 2.17 bits per heavy atom. The summed E-state index contributed by atoms with van der Waals surface area (Å²) >= 11 is 0. The third kappa shape index (κ3) is 2.57. The maximum absolute atomic E-state index is 12.5. The van der Waals surface area contributed by atoms with Gasteiger partial charge >= 0.3 is 5.76 Å². The maximum Gasteiger partial charge on any atom is 0.419 e. The average Bonchev–Trinajstić information content (AvgIpc) is 3.09. The van der Waals surface area contributed by atoms with Crippen molar-refractivity contribution in [3.05, 3.63) is 28.7 Å². The van der Waals surface area contributed by atoms with E-state index in [1.165, 1.54) is 30.3 Å². The summed E-state index contributed by atoms with van der Waals surface area (Å²) in [5.74, 6) is 0.233. The fourth-order valence-corrected chi connectivity index (χ4v) is 3.96. The Kier molecular flexibility index (Phi) is 3.49. The molecule has 1 saturated carbocycles. The van der Waals surface area contributed by atoms with Crippen LogP contribution in [-0.2, 0) is 11.8 Å². The Bertz CT molecular complexity index is 793. The highest BCUT2D eigenvalue weighted by molar-refractivity contribution is 5.96. The van der Waals surface area contributed by atoms with Gasteiger partial charge in [-0.25, -0.2) is 4.79 Å². The van der Waals surface area contributed by atoms with Crippen molar-refractivity contribution in [2.45, 2.75) is 44.2 Å². The van der Waals surface area contributed by atoms with Gasteiger partial charge in [0.15, 0.2) is 5.58 Å². The molecule has 0 bridgehead atoms. The number of aromatic nitrogens is 1. The van der Waals surface area contributed by atoms with Crippen molar-refractivity contribution in [2.75, 3.05) is 5.32 Å². The molecule has 2 heterocycles. The van der Waals surface area contributed by atoms with Crippen molar-refractivity contribution in [1.82, 2.24) is 9.88 Å². The van der Waals surface area contributed by atoms with Crippen LogP contribution in [0.25, 0.3) is 11.1 Å². The normalized spacial score (nSPS) is 27.1. The van der Waals surface area contributed by atoms with Gasteiger partial charge in [0, 0.05) is 24.8 Å². The Morgan fingerprint density at radius 3 is 3.00 bits per heavy atom. The van der Waals surface area contributed by atoms with Crippen LogP contribution in [0, 0.1) is 5.92 Å². The Labute approximate surface area is 133 Å². The lowest BCUT2D eigenvalue weighted by Gasteiger charge is -2.24. The molecule has 2 aliphatic rings. The van der Waals surface area contributed by atoms with Crippen molar-refractivity contribution in [2.24, 2.45) is 13.0 Å². The van der Waals surface area contributed by atoms with Crippen molar-refractivity contribution in [1.29, 1.82) is 0 Å². The summed E-state index contributed by atoms with van der Waals surface area (Å²) in [5, 5.41) is 6.42. The fraction of sp³-hybridized carbons (Fsp3) is 0.529. The second-order valence-electron chi connectivity index (χ2n) is 6.70. The van der Waals surface area contributed by atoms with Crippen LogP contribution in [-0.4, -0.2) is 22.6 Å². The molecule has 0 spiro atoms. The third-order valence-electron chi connectivity index (χ3n) is 5.24. The lowest BCUT2D eigenvalue weighted by atomic mass is 9.85. The highest BCUT2D eigenvalue weighted by atomic mass is 16.4. The SMILES string of the molecule is Cn1c(=O)oc2cc(NC(=O)C3CC4CCCCC4N3)ccc21. The van der Waals surface area contributed by atoms with Crippen molar-refractivity contribution in [3.8, 4) is 0 Å². The number of hydrogen-bond acceptors (Lipinski definition) is 4. The molecule has 4 rings (SSSR count). The molecule has 0 radical (unpaired) electrons. The molecule has 6 heteroatoms. The van der Waals surface area contributed by atoms with E-state index in [1.54, 1.807) is 25.2 Å². The zero-order valence-electron chi connectivity index (χ0n) is 13.2. The van der Waals surface area contributed by atoms with Gasteiger partial charge in [0.1, 0.15) is 0 Å². The second-order valence-corrected chi connectivity index (χ2v) is 6.70. The molecule has 1 amide bonds. The number of fused-ring (bicyclic) bond motifs is 2. The number of nitrogens with one attached hydrogen (secondary N) is 2. The Morgan fingerprint density at radius 1 is 1.35 bits per heavy atom. The van der Waals surface area contributed by atoms with Gasteiger partial charge < -0.3 is 15.1 Å². The average molecular weight is 315 g/mol. The van der Waals surface area contributed by atoms with E-state index in [2.05, 4.69) is 10.6 Å². The van der Waals surface area contributed by atoms with Crippen LogP contribution in [0.2, 0.25) is 0 Å². The van der Waals surface area contributed by atoms with E-state index < -0.39 is 5.76 Å². The minimum Gasteiger partial charge on any atom is -0.408 e. The van der Waals surface area contributed by atoms with E-state index in [-0.39, 0.29) is 11.9 Å². The standard InChI is InChI=1S/C17H21N3O3/c1-20-14-7-6-11(9-15(14)23-17(20)22)18-16(21)13-8-10-4-2-3-5-12(10)19-13/h6-7,9-10,12-13,19H,2-5,8H2,1H3,(H,18,21). The molecule has 3 atom stereocenters. The summed E-state index contributed by atoms with van der Waals surface area (Å²) in [5.41, 5.74) is 1.87. The van der Waals surface area contributed by atoms with E-state index in [0.717, 1.165) is 11.9 Å². The minimum atomic E-state index is -0.398. The number of anilines is 1. The van der Waals surface area contributed by atoms with Crippen LogP contribution in [0.5, 0.6) is 0 Å². The third-order valence-corrected chi connectivity index (χ3v) is 5.24. The van der Waals surface area contributed by atoms with Crippen LogP contribution >= 0.6 is 0 Å². The number of aryl methyl sites for hydroxylation is 1. The van der Waals surface area contributed by atoms with E-state index in [9.17, 15) is 9.59 Å². The van der Waals surface area contributed by atoms with Gasteiger partial charge in [0.2, 0.25) is 5.91 Å². The fourth-order valence-electron chi connectivity index (χ4n) is 3.96. The number of rotatable bonds is 2. The van der Waals surface area contributed by atoms with Crippen molar-refractivity contribution >= 4 is 22.7 Å². The molecule has 6 nitrogen and oxygen atoms in total. The smallest absolute Gasteiger partial charge is 0.408 e. The van der Waals surface area contributed by atoms with Crippen molar-refractivity contribution in [3.63, 3.8) is 0 Å². The molecule has 3 unspecified atom stereocenters. The van der Waals surface area contributed by atoms with E-state index in [1.807, 2.05) is 0 Å². The van der Waals surface area contributed by atoms with Gasteiger partial charge in [-0.2, -0.15) is 0 Å². The molecular weight excluding hydrogens is 294 g/mol. The van der Waals surface area contributed by atoms with Crippen molar-refractivity contribution < 1.29 is 9.21 Å². The number of nitrogens with zero attached hydrogens (tertiary/aromatic N) is 1. The van der Waals surface area contributed by atoms with Crippen LogP contribution in [0.3, 0.4) is 0 Å². The van der Waals surface area contributed by atoms with Crippen LogP contribution in [0.15, 0.2) is 27.4 Å². The molecule has 1 saturated heterocycles. The molecule has 1 aromatic carbocycles. The van der Waals surface area contributed by atoms with E-state index >= 15 is 0 Å². The molecule has 122 valence electrons. The van der Waals surface area contributed by atoms with E-state index in [0.29, 0.717) is 23.2 Å². The Balaban J connectivity index is 1.49. The number of carbonyl (C=O) groups is 1. The van der Waals surface area contributed by atoms with E-state index in [4.69, 9.17) is 4.42 Å². The predicted octanol–water partition coefficient (Wildman–Crippen LogP) is 1.99. The van der Waals surface area contributed by atoms with Gasteiger partial charge in [-0.3, -0.25) is 9.36 Å². The summed E-state index contributed by atoms with van der Waals surface area (Å²) in [4.78, 5) is 24.0. The first kappa shape index (κ1) is 14.5. The number of oxazole rings is 1. The van der Waals surface area contributed by atoms with Crippen LogP contribution in [0.4, 0.5) is 5.69 Å². The molecule has 2 fully saturated rings. The van der Waals surface area contributed by atoms with Gasteiger partial charge in [-0.1, -0.05) is 12.8 Å². The first-order chi connectivity index (χ1) is 11.1. The lowest BCUT2D eigenvalue weighted by Crippen LogP contribution is -2.39. The molecular formula is C17H21N3O3. The predicted molar refractivity (Wildman–Crippen MR) is 87.4 cm³/mol. The molecule has 1 aliphatic carbocycles. The topological polar surface area (TPSA) is 76.3 Å². The zero-order chi connectivity index (χ0) is 16.0. The summed E-state index contributed by atoms with van der Waals surface area (Å²) in [6, 6.07) is 5.67. The summed E-state index contributed by atoms with van der Waals surface area (Å²) in [6.45, 7) is 0. The molecule has 2 aromatic rings. The number of benzene rings is 1. The Hall–Kier alpha value is -2.08. The first-order valence-electron chi connectivity index (χ1n) is 8.28. The van der Waals surface area contributed by atoms with Gasteiger partial charge in [0.25, 0.3) is 0 Å². The molecule has 23 heavy (non-hydrogen) atoms. The molecule has 2 N–H and O–H groups in total. The lowest BCUT2D eigenvalue weighted by molar-refractivity contribution is -0.117. The first-order valence-corrected chi connectivity index (χ1v) is 8.28. The highest BCUT2D eigenvalue weighted by Gasteiger charge is 2.38. The molecule has 1 aromatic heterocycles. The molecule has 1 aliphatic heterocycles. The van der Waals surface area contributed by atoms with Gasteiger partial charge in [-0.05, 0) is 37.3 Å². The van der Waals surface area contributed by atoms with Crippen LogP contribution < -0.4 is 16.4 Å². The minimum absolute atomic E-state index is 0.00275. The van der Waals surface area contributed by atoms with Gasteiger partial charge in [-0.15, -0.1) is 0 Å². The number of amides is 1. The summed E-state index contributed by atoms with van der Waals surface area (Å²) < 4.78 is 6.61. The zero-order valence-corrected chi connectivity index (χ0v) is 13.2. The quantitative estimate of drug-likeness (QED) is 0.888. The van der Waals surface area contributed by atoms with Gasteiger partial charge in [0.05, 0.1) is 11.6 Å². The number of hydrogen-bond donors (Lipinski definition) is 2. The highest BCUT2D eigenvalue weighted by Crippen LogP contribution is 2.33. The maximum atomic E-state index is 12.5. The summed E-state index contributed by atoms with van der Waals surface area (Å²) in [6.07, 6.45) is 5.85. The number of carbonyl (C=O) groups excluding carboxylic acids is 1. The monoisotopic (exact) mass is 315 g/mol. The summed E-state index contributed by atoms with van der Waals surface area (Å²) in [7, 11) is 1.66.